The molecule has 18 heavy (non-hydrogen) atoms. The summed E-state index contributed by atoms with van der Waals surface area (Å²) in [4.78, 5) is 0. The predicted molar refractivity (Wildman–Crippen MR) is 89.2 cm³/mol. The van der Waals surface area contributed by atoms with Gasteiger partial charge in [0.15, 0.2) is 0 Å². The summed E-state index contributed by atoms with van der Waals surface area (Å²) in [5.41, 5.74) is 0. The highest BCUT2D eigenvalue weighted by molar-refractivity contribution is 5.75. The molecule has 0 aliphatic carbocycles. The second kappa shape index (κ2) is 9.01. The van der Waals surface area contributed by atoms with Crippen LogP contribution in [0.15, 0.2) is 0 Å². The lowest BCUT2D eigenvalue weighted by atomic mass is 9.93. The fourth-order valence-corrected chi connectivity index (χ4v) is 3.87. The van der Waals surface area contributed by atoms with Crippen LogP contribution >= 0.6 is 0 Å². The third kappa shape index (κ3) is 3.53. The number of hydrogen-bond acceptors (Lipinski definition) is 0. The van der Waals surface area contributed by atoms with Gasteiger partial charge in [-0.1, -0.05) is 27.7 Å². The maximum absolute atomic E-state index is 2.46. The van der Waals surface area contributed by atoms with E-state index in [9.17, 15) is 0 Å². The summed E-state index contributed by atoms with van der Waals surface area (Å²) in [5.74, 6) is 0. The summed E-state index contributed by atoms with van der Waals surface area (Å²) in [6.07, 6.45) is 5.16. The predicted octanol–water partition coefficient (Wildman–Crippen LogP) is 3.81. The van der Waals surface area contributed by atoms with Gasteiger partial charge in [0.25, 0.3) is 0 Å². The van der Waals surface area contributed by atoms with E-state index >= 15 is 0 Å². The topological polar surface area (TPSA) is 0 Å². The summed E-state index contributed by atoms with van der Waals surface area (Å²) in [6.45, 7) is 19.3. The summed E-state index contributed by atoms with van der Waals surface area (Å²) in [7, 11) is 0. The molecule has 0 aromatic rings. The van der Waals surface area contributed by atoms with Crippen molar-refractivity contribution >= 4 is 8.41 Å². The molecule has 0 aromatic heterocycles. The molecular formula is C16H39BN+. The van der Waals surface area contributed by atoms with E-state index in [4.69, 9.17) is 0 Å². The summed E-state index contributed by atoms with van der Waals surface area (Å²) in [6, 6.07) is 3.09. The normalized spacial score (nSPS) is 21.3. The smallest absolute Gasteiger partial charge is 0.0865 e. The molecule has 0 spiro atoms. The van der Waals surface area contributed by atoms with Crippen LogP contribution in [0.5, 0.6) is 0 Å². The number of quaternary nitrogens is 1. The molecule has 0 saturated carbocycles. The fourth-order valence-electron chi connectivity index (χ4n) is 3.87. The van der Waals surface area contributed by atoms with Gasteiger partial charge in [-0.2, -0.15) is 0 Å². The van der Waals surface area contributed by atoms with E-state index in [-0.39, 0.29) is 8.41 Å². The molecule has 0 amide bonds. The second-order valence-corrected chi connectivity index (χ2v) is 5.92. The maximum atomic E-state index is 2.46. The minimum Gasteiger partial charge on any atom is -0.315 e. The van der Waals surface area contributed by atoms with Gasteiger partial charge in [-0.05, 0) is 53.4 Å². The minimum atomic E-state index is 0. The lowest BCUT2D eigenvalue weighted by Crippen LogP contribution is -2.68. The Bertz CT molecular complexity index is 160. The van der Waals surface area contributed by atoms with Gasteiger partial charge in [-0.15, -0.1) is 0 Å². The molecule has 1 nitrogen and oxygen atoms in total. The van der Waals surface area contributed by atoms with Crippen LogP contribution in [0.25, 0.3) is 0 Å². The third-order valence-corrected chi connectivity index (χ3v) is 5.42. The molecule has 0 rings (SSSR count). The van der Waals surface area contributed by atoms with E-state index in [1.54, 1.807) is 0 Å². The van der Waals surface area contributed by atoms with E-state index in [1.807, 2.05) is 0 Å². The molecule has 4 atom stereocenters. The lowest BCUT2D eigenvalue weighted by molar-refractivity contribution is -1.01. The molecule has 0 heterocycles. The zero-order chi connectivity index (χ0) is 13.6. The summed E-state index contributed by atoms with van der Waals surface area (Å²) >= 11 is 0. The average molecular weight is 256 g/mol. The third-order valence-electron chi connectivity index (χ3n) is 5.42. The average Bonchev–Trinajstić information content (AvgIpc) is 2.37. The van der Waals surface area contributed by atoms with Crippen LogP contribution < -0.4 is 0 Å². The van der Waals surface area contributed by atoms with Crippen molar-refractivity contribution in [1.29, 1.82) is 0 Å². The van der Waals surface area contributed by atoms with Crippen molar-refractivity contribution in [3.05, 3.63) is 0 Å². The largest absolute Gasteiger partial charge is 0.315 e. The lowest BCUT2D eigenvalue weighted by Gasteiger charge is -2.55. The molecule has 0 fully saturated rings. The molecule has 4 unspecified atom stereocenters. The van der Waals surface area contributed by atoms with Gasteiger partial charge < -0.3 is 4.48 Å². The fraction of sp³-hybridized carbons (Fsp3) is 1.00. The van der Waals surface area contributed by atoms with Crippen LogP contribution in [-0.4, -0.2) is 37.1 Å². The maximum Gasteiger partial charge on any atom is 0.0865 e. The molecule has 0 radical (unpaired) electrons. The number of hydrogen-bond donors (Lipinski definition) is 0. The summed E-state index contributed by atoms with van der Waals surface area (Å²) in [5, 5.41) is 0. The molecular weight excluding hydrogens is 217 g/mol. The van der Waals surface area contributed by atoms with Crippen molar-refractivity contribution in [1.82, 2.24) is 0 Å². The zero-order valence-corrected chi connectivity index (χ0v) is 13.6. The Labute approximate surface area is 119 Å². The zero-order valence-electron chi connectivity index (χ0n) is 13.6. The summed E-state index contributed by atoms with van der Waals surface area (Å²) < 4.78 is 1.32. The van der Waals surface area contributed by atoms with Crippen LogP contribution in [-0.2, 0) is 0 Å². The van der Waals surface area contributed by atoms with Crippen LogP contribution in [0, 0.1) is 0 Å². The first-order valence-corrected chi connectivity index (χ1v) is 7.80. The highest BCUT2D eigenvalue weighted by Gasteiger charge is 2.45. The Balaban J connectivity index is 0. The van der Waals surface area contributed by atoms with Gasteiger partial charge >= 0.3 is 0 Å². The van der Waals surface area contributed by atoms with Crippen molar-refractivity contribution in [2.45, 2.75) is 105 Å². The van der Waals surface area contributed by atoms with Crippen molar-refractivity contribution < 1.29 is 4.48 Å². The Kier molecular flexibility index (Phi) is 10.2. The Morgan fingerprint density at radius 2 is 0.722 bits per heavy atom. The second-order valence-electron chi connectivity index (χ2n) is 5.92. The van der Waals surface area contributed by atoms with Crippen molar-refractivity contribution in [3.8, 4) is 0 Å². The first-order valence-electron chi connectivity index (χ1n) is 7.80. The molecule has 0 bridgehead atoms. The Morgan fingerprint density at radius 3 is 0.833 bits per heavy atom. The van der Waals surface area contributed by atoms with E-state index in [2.05, 4.69) is 55.4 Å². The molecule has 0 saturated heterocycles. The van der Waals surface area contributed by atoms with Gasteiger partial charge in [-0.3, -0.25) is 0 Å². The minimum absolute atomic E-state index is 0. The number of nitrogens with zero attached hydrogens (tertiary/aromatic N) is 1. The highest BCUT2D eigenvalue weighted by Crippen LogP contribution is 2.34. The Hall–Kier alpha value is 0.0249. The first-order chi connectivity index (χ1) is 7.93. The van der Waals surface area contributed by atoms with Crippen LogP contribution in [0.2, 0.25) is 0 Å². The van der Waals surface area contributed by atoms with Crippen molar-refractivity contribution in [3.63, 3.8) is 0 Å². The van der Waals surface area contributed by atoms with E-state index < -0.39 is 0 Å². The van der Waals surface area contributed by atoms with E-state index in [1.165, 1.54) is 30.2 Å². The van der Waals surface area contributed by atoms with Gasteiger partial charge in [-0.25, -0.2) is 0 Å². The monoisotopic (exact) mass is 256 g/mol. The van der Waals surface area contributed by atoms with Crippen LogP contribution in [0.1, 0.15) is 81.1 Å². The van der Waals surface area contributed by atoms with E-state index in [0.29, 0.717) is 0 Å². The SMILES string of the molecule is B.CCC(C)[N+](C(C)CC)(C(C)CC)C(C)CC. The van der Waals surface area contributed by atoms with E-state index in [0.717, 1.165) is 24.2 Å². The molecule has 110 valence electrons. The Morgan fingerprint density at radius 1 is 0.556 bits per heavy atom. The highest BCUT2D eigenvalue weighted by atomic mass is 15.4. The van der Waals surface area contributed by atoms with Crippen LogP contribution in [0.3, 0.4) is 0 Å². The standard InChI is InChI=1S/C16H36N.BH3/c1-9-13(5)17(14(6)10-2,15(7)11-3)16(8)12-4;/h13-16H,9-12H2,1-8H3;1H3/q+1;. The van der Waals surface area contributed by atoms with Gasteiger partial charge in [0.05, 0.1) is 32.6 Å². The van der Waals surface area contributed by atoms with Crippen molar-refractivity contribution in [2.75, 3.05) is 0 Å². The van der Waals surface area contributed by atoms with Gasteiger partial charge in [0, 0.05) is 0 Å². The molecule has 0 aliphatic rings. The first kappa shape index (κ1) is 20.3. The van der Waals surface area contributed by atoms with Gasteiger partial charge in [0.2, 0.25) is 0 Å². The molecule has 0 N–H and O–H groups in total. The number of rotatable bonds is 8. The molecule has 0 aromatic carbocycles. The van der Waals surface area contributed by atoms with Crippen LogP contribution in [0.4, 0.5) is 0 Å². The van der Waals surface area contributed by atoms with Crippen molar-refractivity contribution in [2.24, 2.45) is 0 Å². The molecule has 0 aliphatic heterocycles. The van der Waals surface area contributed by atoms with Gasteiger partial charge in [0.1, 0.15) is 0 Å². The quantitative estimate of drug-likeness (QED) is 0.457. The molecule has 2 heteroatoms.